The molecule has 0 aliphatic carbocycles. The second kappa shape index (κ2) is 5.81. The molecule has 0 bridgehead atoms. The first-order valence-electron chi connectivity index (χ1n) is 4.93. The van der Waals surface area contributed by atoms with Gasteiger partial charge < -0.3 is 10.5 Å². The maximum Gasteiger partial charge on any atom is 0.242 e. The van der Waals surface area contributed by atoms with E-state index in [1.165, 1.54) is 13.2 Å². The number of sulfonamides is 1. The number of halogens is 1. The topological polar surface area (TPSA) is 81.4 Å². The summed E-state index contributed by atoms with van der Waals surface area (Å²) in [7, 11) is -2.09. The molecule has 0 saturated heterocycles. The highest BCUT2D eigenvalue weighted by Gasteiger charge is 2.19. The quantitative estimate of drug-likeness (QED) is 0.802. The van der Waals surface area contributed by atoms with Crippen LogP contribution in [0.25, 0.3) is 0 Å². The van der Waals surface area contributed by atoms with E-state index < -0.39 is 10.0 Å². The van der Waals surface area contributed by atoms with Gasteiger partial charge in [0.2, 0.25) is 10.0 Å². The summed E-state index contributed by atoms with van der Waals surface area (Å²) in [5.74, 6) is 0. The van der Waals surface area contributed by atoms with Crippen molar-refractivity contribution >= 4 is 31.6 Å². The Hall–Kier alpha value is -0.630. The van der Waals surface area contributed by atoms with Crippen molar-refractivity contribution < 1.29 is 13.2 Å². The standard InChI is InChI=1S/C10H15BrN2O3S/c1-7(6-16-2)13-17(14,15)10-4-3-8(11)5-9(10)12/h3-5,7,13H,6,12H2,1-2H3. The Labute approximate surface area is 110 Å². The Morgan fingerprint density at radius 2 is 2.18 bits per heavy atom. The van der Waals surface area contributed by atoms with Gasteiger partial charge in [-0.3, -0.25) is 0 Å². The average Bonchev–Trinajstić information content (AvgIpc) is 2.15. The molecule has 1 aromatic carbocycles. The highest BCUT2D eigenvalue weighted by Crippen LogP contribution is 2.22. The molecule has 0 saturated carbocycles. The van der Waals surface area contributed by atoms with Gasteiger partial charge in [-0.15, -0.1) is 0 Å². The van der Waals surface area contributed by atoms with Crippen molar-refractivity contribution in [3.8, 4) is 0 Å². The van der Waals surface area contributed by atoms with E-state index in [1.807, 2.05) is 0 Å². The fourth-order valence-electron chi connectivity index (χ4n) is 1.38. The maximum absolute atomic E-state index is 12.0. The molecule has 7 heteroatoms. The third-order valence-electron chi connectivity index (χ3n) is 2.03. The minimum atomic E-state index is -3.60. The Kier molecular flexibility index (Phi) is 4.93. The van der Waals surface area contributed by atoms with Crippen LogP contribution in [0.15, 0.2) is 27.6 Å². The van der Waals surface area contributed by atoms with Crippen LogP contribution in [-0.2, 0) is 14.8 Å². The van der Waals surface area contributed by atoms with E-state index in [0.29, 0.717) is 6.61 Å². The third kappa shape index (κ3) is 3.95. The van der Waals surface area contributed by atoms with E-state index in [4.69, 9.17) is 10.5 Å². The zero-order valence-electron chi connectivity index (χ0n) is 9.60. The molecule has 96 valence electrons. The van der Waals surface area contributed by atoms with Crippen molar-refractivity contribution in [1.82, 2.24) is 4.72 Å². The predicted octanol–water partition coefficient (Wildman–Crippen LogP) is 1.34. The second-order valence-corrected chi connectivity index (χ2v) is 6.26. The lowest BCUT2D eigenvalue weighted by Gasteiger charge is -2.14. The molecule has 0 aromatic heterocycles. The van der Waals surface area contributed by atoms with Gasteiger partial charge in [-0.05, 0) is 25.1 Å². The summed E-state index contributed by atoms with van der Waals surface area (Å²) >= 11 is 3.22. The van der Waals surface area contributed by atoms with Crippen LogP contribution >= 0.6 is 15.9 Å². The summed E-state index contributed by atoms with van der Waals surface area (Å²) in [5, 5.41) is 0. The lowest BCUT2D eigenvalue weighted by molar-refractivity contribution is 0.180. The Morgan fingerprint density at radius 3 is 2.71 bits per heavy atom. The first kappa shape index (κ1) is 14.4. The van der Waals surface area contributed by atoms with Crippen molar-refractivity contribution in [2.75, 3.05) is 19.5 Å². The molecule has 0 fully saturated rings. The summed E-state index contributed by atoms with van der Waals surface area (Å²) in [4.78, 5) is 0.0728. The monoisotopic (exact) mass is 322 g/mol. The summed E-state index contributed by atoms with van der Waals surface area (Å²) in [5.41, 5.74) is 5.88. The Morgan fingerprint density at radius 1 is 1.53 bits per heavy atom. The zero-order valence-corrected chi connectivity index (χ0v) is 12.0. The molecular formula is C10H15BrN2O3S. The SMILES string of the molecule is COCC(C)NS(=O)(=O)c1ccc(Br)cc1N. The van der Waals surface area contributed by atoms with Gasteiger partial charge in [0.05, 0.1) is 12.3 Å². The fraction of sp³-hybridized carbons (Fsp3) is 0.400. The van der Waals surface area contributed by atoms with Gasteiger partial charge >= 0.3 is 0 Å². The molecule has 3 N–H and O–H groups in total. The van der Waals surface area contributed by atoms with Gasteiger partial charge in [-0.25, -0.2) is 13.1 Å². The lowest BCUT2D eigenvalue weighted by Crippen LogP contribution is -2.35. The van der Waals surface area contributed by atoms with E-state index in [1.54, 1.807) is 19.1 Å². The van der Waals surface area contributed by atoms with E-state index in [2.05, 4.69) is 20.7 Å². The average molecular weight is 323 g/mol. The van der Waals surface area contributed by atoms with Crippen molar-refractivity contribution in [3.63, 3.8) is 0 Å². The van der Waals surface area contributed by atoms with E-state index in [9.17, 15) is 8.42 Å². The van der Waals surface area contributed by atoms with E-state index in [-0.39, 0.29) is 16.6 Å². The molecule has 0 aliphatic rings. The number of nitrogens with one attached hydrogen (secondary N) is 1. The first-order valence-corrected chi connectivity index (χ1v) is 7.20. The normalized spacial score (nSPS) is 13.6. The third-order valence-corrected chi connectivity index (χ3v) is 4.19. The van der Waals surface area contributed by atoms with Crippen molar-refractivity contribution in [3.05, 3.63) is 22.7 Å². The smallest absolute Gasteiger partial charge is 0.242 e. The largest absolute Gasteiger partial charge is 0.398 e. The first-order chi connectivity index (χ1) is 7.86. The molecule has 1 rings (SSSR count). The maximum atomic E-state index is 12.0. The van der Waals surface area contributed by atoms with E-state index in [0.717, 1.165) is 4.47 Å². The number of ether oxygens (including phenoxy) is 1. The van der Waals surface area contributed by atoms with Gasteiger partial charge in [-0.2, -0.15) is 0 Å². The molecule has 1 aromatic rings. The van der Waals surface area contributed by atoms with Gasteiger partial charge in [0.1, 0.15) is 4.90 Å². The molecule has 0 spiro atoms. The number of nitrogen functional groups attached to an aromatic ring is 1. The minimum absolute atomic E-state index is 0.0728. The number of methoxy groups -OCH3 is 1. The van der Waals surface area contributed by atoms with Gasteiger partial charge in [0, 0.05) is 17.6 Å². The van der Waals surface area contributed by atoms with Crippen molar-refractivity contribution in [2.24, 2.45) is 0 Å². The van der Waals surface area contributed by atoms with Crippen LogP contribution in [0.2, 0.25) is 0 Å². The molecule has 1 unspecified atom stereocenters. The zero-order chi connectivity index (χ0) is 13.1. The Balaban J connectivity index is 2.97. The van der Waals surface area contributed by atoms with Crippen LogP contribution in [0, 0.1) is 0 Å². The molecule has 5 nitrogen and oxygen atoms in total. The van der Waals surface area contributed by atoms with Crippen molar-refractivity contribution in [1.29, 1.82) is 0 Å². The molecule has 0 amide bonds. The van der Waals surface area contributed by atoms with Crippen LogP contribution in [-0.4, -0.2) is 28.2 Å². The predicted molar refractivity (Wildman–Crippen MR) is 70.2 cm³/mol. The summed E-state index contributed by atoms with van der Waals surface area (Å²) in [6, 6.07) is 4.33. The van der Waals surface area contributed by atoms with Crippen LogP contribution in [0.5, 0.6) is 0 Å². The van der Waals surface area contributed by atoms with Crippen LogP contribution < -0.4 is 10.5 Å². The molecular weight excluding hydrogens is 308 g/mol. The summed E-state index contributed by atoms with van der Waals surface area (Å²) < 4.78 is 32.1. The number of rotatable bonds is 5. The highest BCUT2D eigenvalue weighted by atomic mass is 79.9. The number of nitrogens with two attached hydrogens (primary N) is 1. The number of hydrogen-bond donors (Lipinski definition) is 2. The van der Waals surface area contributed by atoms with Crippen molar-refractivity contribution in [2.45, 2.75) is 17.9 Å². The van der Waals surface area contributed by atoms with Crippen LogP contribution in [0.4, 0.5) is 5.69 Å². The van der Waals surface area contributed by atoms with Gasteiger partial charge in [0.25, 0.3) is 0 Å². The van der Waals surface area contributed by atoms with Gasteiger partial charge in [0.15, 0.2) is 0 Å². The summed E-state index contributed by atoms with van der Waals surface area (Å²) in [6.07, 6.45) is 0. The Bertz CT molecular complexity index is 490. The van der Waals surface area contributed by atoms with E-state index >= 15 is 0 Å². The number of anilines is 1. The van der Waals surface area contributed by atoms with Crippen LogP contribution in [0.1, 0.15) is 6.92 Å². The molecule has 0 radical (unpaired) electrons. The summed E-state index contributed by atoms with van der Waals surface area (Å²) in [6.45, 7) is 2.02. The van der Waals surface area contributed by atoms with Crippen LogP contribution in [0.3, 0.4) is 0 Å². The molecule has 17 heavy (non-hydrogen) atoms. The number of hydrogen-bond acceptors (Lipinski definition) is 4. The molecule has 0 heterocycles. The molecule has 1 atom stereocenters. The minimum Gasteiger partial charge on any atom is -0.398 e. The van der Waals surface area contributed by atoms with Gasteiger partial charge in [-0.1, -0.05) is 15.9 Å². The lowest BCUT2D eigenvalue weighted by atomic mass is 10.3. The molecule has 0 aliphatic heterocycles. The highest BCUT2D eigenvalue weighted by molar-refractivity contribution is 9.10. The number of benzene rings is 1. The second-order valence-electron chi connectivity index (χ2n) is 3.66. The fourth-order valence-corrected chi connectivity index (χ4v) is 3.10.